The Labute approximate surface area is 146 Å². The second kappa shape index (κ2) is 6.93. The topological polar surface area (TPSA) is 105 Å². The number of aryl methyl sites for hydroxylation is 1. The molecule has 1 amide bonds. The number of anilines is 1. The molecule has 134 valence electrons. The van der Waals surface area contributed by atoms with Crippen LogP contribution in [-0.4, -0.2) is 47.7 Å². The lowest BCUT2D eigenvalue weighted by molar-refractivity contribution is -0.120. The zero-order valence-corrected chi connectivity index (χ0v) is 14.9. The maximum absolute atomic E-state index is 12.5. The van der Waals surface area contributed by atoms with Crippen LogP contribution in [0.15, 0.2) is 28.7 Å². The summed E-state index contributed by atoms with van der Waals surface area (Å²) < 4.78 is 30.4. The zero-order chi connectivity index (χ0) is 18.0. The first-order valence-electron chi connectivity index (χ1n) is 8.03. The Morgan fingerprint density at radius 2 is 2.12 bits per heavy atom. The minimum Gasteiger partial charge on any atom is -0.403 e. The molecular weight excluding hydrogens is 344 g/mol. The number of rotatable bonds is 4. The van der Waals surface area contributed by atoms with Gasteiger partial charge in [-0.15, -0.1) is 5.10 Å². The third kappa shape index (κ3) is 4.05. The lowest BCUT2D eigenvalue weighted by Gasteiger charge is -2.32. The molecule has 2 aromatic rings. The first-order valence-corrected chi connectivity index (χ1v) is 9.87. The number of benzene rings is 1. The van der Waals surface area contributed by atoms with Crippen LogP contribution in [0.3, 0.4) is 0 Å². The number of carbonyl (C=O) groups excluding carboxylic acids is 1. The van der Waals surface area contributed by atoms with Crippen LogP contribution in [0.5, 0.6) is 0 Å². The number of nitrogens with one attached hydrogen (secondary N) is 1. The van der Waals surface area contributed by atoms with Crippen molar-refractivity contribution in [2.24, 2.45) is 0 Å². The van der Waals surface area contributed by atoms with Crippen molar-refractivity contribution in [1.82, 2.24) is 14.5 Å². The first-order chi connectivity index (χ1) is 11.8. The summed E-state index contributed by atoms with van der Waals surface area (Å²) >= 11 is 0. The molecule has 1 aromatic carbocycles. The average Bonchev–Trinajstić information content (AvgIpc) is 3.02. The molecule has 9 heteroatoms. The van der Waals surface area contributed by atoms with Gasteiger partial charge >= 0.3 is 6.01 Å². The van der Waals surface area contributed by atoms with Crippen LogP contribution < -0.4 is 5.32 Å². The van der Waals surface area contributed by atoms with Gasteiger partial charge in [0.05, 0.1) is 6.26 Å². The molecule has 1 unspecified atom stereocenters. The molecule has 0 radical (unpaired) electrons. The molecule has 3 rings (SSSR count). The van der Waals surface area contributed by atoms with E-state index < -0.39 is 22.0 Å². The van der Waals surface area contributed by atoms with Crippen LogP contribution in [0.2, 0.25) is 0 Å². The second-order valence-corrected chi connectivity index (χ2v) is 8.09. The lowest BCUT2D eigenvalue weighted by atomic mass is 10.0. The molecule has 0 saturated carbocycles. The standard InChI is InChI=1S/C16H20N4O4S/c1-11-6-5-7-12(10-11)15-18-19-16(24-15)17-14(21)13-8-3-4-9-20(13)25(2,22)23/h5-7,10,13H,3-4,8-9H2,1-2H3,(H,17,19,21). The zero-order valence-electron chi connectivity index (χ0n) is 14.1. The van der Waals surface area contributed by atoms with E-state index in [9.17, 15) is 13.2 Å². The van der Waals surface area contributed by atoms with Gasteiger partial charge in [0.1, 0.15) is 6.04 Å². The summed E-state index contributed by atoms with van der Waals surface area (Å²) in [6.07, 6.45) is 3.12. The number of aromatic nitrogens is 2. The third-order valence-corrected chi connectivity index (χ3v) is 5.39. The van der Waals surface area contributed by atoms with Crippen LogP contribution in [-0.2, 0) is 14.8 Å². The third-order valence-electron chi connectivity index (χ3n) is 4.10. The van der Waals surface area contributed by atoms with Crippen molar-refractivity contribution in [2.75, 3.05) is 18.1 Å². The Kier molecular flexibility index (Phi) is 4.87. The molecular formula is C16H20N4O4S. The Morgan fingerprint density at radius 3 is 2.84 bits per heavy atom. The van der Waals surface area contributed by atoms with Gasteiger partial charge in [-0.25, -0.2) is 8.42 Å². The van der Waals surface area contributed by atoms with Crippen molar-refractivity contribution in [2.45, 2.75) is 32.2 Å². The fraction of sp³-hybridized carbons (Fsp3) is 0.438. The Morgan fingerprint density at radius 1 is 1.32 bits per heavy atom. The van der Waals surface area contributed by atoms with Crippen molar-refractivity contribution >= 4 is 21.9 Å². The SMILES string of the molecule is Cc1cccc(-c2nnc(NC(=O)C3CCCCN3S(C)(=O)=O)o2)c1. The van der Waals surface area contributed by atoms with Crippen molar-refractivity contribution in [3.63, 3.8) is 0 Å². The summed E-state index contributed by atoms with van der Waals surface area (Å²) in [5, 5.41) is 10.3. The normalized spacial score (nSPS) is 18.9. The van der Waals surface area contributed by atoms with Gasteiger partial charge < -0.3 is 4.42 Å². The first kappa shape index (κ1) is 17.6. The van der Waals surface area contributed by atoms with Gasteiger partial charge in [-0.05, 0) is 31.9 Å². The van der Waals surface area contributed by atoms with Crippen molar-refractivity contribution in [1.29, 1.82) is 0 Å². The summed E-state index contributed by atoms with van der Waals surface area (Å²) in [5.41, 5.74) is 1.80. The van der Waals surface area contributed by atoms with Gasteiger partial charge in [0, 0.05) is 12.1 Å². The fourth-order valence-electron chi connectivity index (χ4n) is 2.92. The van der Waals surface area contributed by atoms with Gasteiger partial charge in [-0.1, -0.05) is 29.2 Å². The molecule has 25 heavy (non-hydrogen) atoms. The molecule has 1 fully saturated rings. The highest BCUT2D eigenvalue weighted by atomic mass is 32.2. The monoisotopic (exact) mass is 364 g/mol. The molecule has 8 nitrogen and oxygen atoms in total. The number of amides is 1. The predicted octanol–water partition coefficient (Wildman–Crippen LogP) is 1.80. The molecule has 1 aromatic heterocycles. The van der Waals surface area contributed by atoms with Crippen molar-refractivity contribution in [3.8, 4) is 11.5 Å². The molecule has 1 saturated heterocycles. The number of piperidine rings is 1. The van der Waals surface area contributed by atoms with E-state index in [1.807, 2.05) is 31.2 Å². The maximum atomic E-state index is 12.5. The summed E-state index contributed by atoms with van der Waals surface area (Å²) in [6.45, 7) is 2.29. The number of nitrogens with zero attached hydrogens (tertiary/aromatic N) is 3. The number of hydrogen-bond acceptors (Lipinski definition) is 6. The highest BCUT2D eigenvalue weighted by molar-refractivity contribution is 7.88. The highest BCUT2D eigenvalue weighted by Crippen LogP contribution is 2.23. The molecule has 2 heterocycles. The van der Waals surface area contributed by atoms with Gasteiger partial charge in [0.25, 0.3) is 0 Å². The van der Waals surface area contributed by atoms with Gasteiger partial charge in [-0.2, -0.15) is 4.31 Å². The molecule has 1 N–H and O–H groups in total. The smallest absolute Gasteiger partial charge is 0.322 e. The predicted molar refractivity (Wildman–Crippen MR) is 92.3 cm³/mol. The molecule has 1 atom stereocenters. The Hall–Kier alpha value is -2.26. The summed E-state index contributed by atoms with van der Waals surface area (Å²) in [4.78, 5) is 12.5. The van der Waals surface area contributed by atoms with E-state index in [4.69, 9.17) is 4.42 Å². The van der Waals surface area contributed by atoms with E-state index >= 15 is 0 Å². The molecule has 1 aliphatic heterocycles. The average molecular weight is 364 g/mol. The van der Waals surface area contributed by atoms with Crippen LogP contribution >= 0.6 is 0 Å². The Bertz CT molecular complexity index is 878. The van der Waals surface area contributed by atoms with Gasteiger partial charge in [0.2, 0.25) is 21.8 Å². The largest absolute Gasteiger partial charge is 0.403 e. The van der Waals surface area contributed by atoms with Crippen LogP contribution in [0.4, 0.5) is 6.01 Å². The van der Waals surface area contributed by atoms with E-state index in [0.29, 0.717) is 18.9 Å². The Balaban J connectivity index is 1.75. The molecule has 0 bridgehead atoms. The summed E-state index contributed by atoms with van der Waals surface area (Å²) in [6, 6.07) is 6.76. The quantitative estimate of drug-likeness (QED) is 0.887. The minimum absolute atomic E-state index is 0.0412. The minimum atomic E-state index is -3.45. The van der Waals surface area contributed by atoms with E-state index in [1.54, 1.807) is 0 Å². The molecule has 0 spiro atoms. The molecule has 1 aliphatic rings. The lowest BCUT2D eigenvalue weighted by Crippen LogP contribution is -2.49. The van der Waals surface area contributed by atoms with Crippen molar-refractivity contribution < 1.29 is 17.6 Å². The van der Waals surface area contributed by atoms with E-state index in [0.717, 1.165) is 30.2 Å². The number of hydrogen-bond donors (Lipinski definition) is 1. The maximum Gasteiger partial charge on any atom is 0.322 e. The van der Waals surface area contributed by atoms with E-state index in [2.05, 4.69) is 15.5 Å². The second-order valence-electron chi connectivity index (χ2n) is 6.16. The van der Waals surface area contributed by atoms with E-state index in [1.165, 1.54) is 4.31 Å². The van der Waals surface area contributed by atoms with Crippen molar-refractivity contribution in [3.05, 3.63) is 29.8 Å². The van der Waals surface area contributed by atoms with Gasteiger partial charge in [-0.3, -0.25) is 10.1 Å². The van der Waals surface area contributed by atoms with Crippen LogP contribution in [0.25, 0.3) is 11.5 Å². The number of sulfonamides is 1. The van der Waals surface area contributed by atoms with Crippen LogP contribution in [0, 0.1) is 6.92 Å². The highest BCUT2D eigenvalue weighted by Gasteiger charge is 2.35. The molecule has 0 aliphatic carbocycles. The summed E-state index contributed by atoms with van der Waals surface area (Å²) in [5.74, 6) is -0.160. The summed E-state index contributed by atoms with van der Waals surface area (Å²) in [7, 11) is -3.45. The fourth-order valence-corrected chi connectivity index (χ4v) is 4.05. The van der Waals surface area contributed by atoms with Gasteiger partial charge in [0.15, 0.2) is 0 Å². The number of carbonyl (C=O) groups is 1. The van der Waals surface area contributed by atoms with E-state index in [-0.39, 0.29) is 6.01 Å². The van der Waals surface area contributed by atoms with Crippen LogP contribution in [0.1, 0.15) is 24.8 Å².